The molecule has 0 aliphatic rings. The molecule has 0 saturated heterocycles. The first-order valence-electron chi connectivity index (χ1n) is 14.3. The van der Waals surface area contributed by atoms with E-state index in [1.54, 1.807) is 36.4 Å². The molecular weight excluding hydrogens is 618 g/mol. The lowest BCUT2D eigenvalue weighted by Crippen LogP contribution is -2.54. The van der Waals surface area contributed by atoms with Gasteiger partial charge in [-0.15, -0.1) is 0 Å². The van der Waals surface area contributed by atoms with Crippen molar-refractivity contribution in [2.24, 2.45) is 0 Å². The van der Waals surface area contributed by atoms with E-state index in [-0.39, 0.29) is 23.4 Å². The van der Waals surface area contributed by atoms with Crippen LogP contribution in [-0.2, 0) is 26.0 Å². The van der Waals surface area contributed by atoms with Crippen LogP contribution in [0.4, 0.5) is 5.69 Å². The molecule has 0 aromatic heterocycles. The third-order valence-corrected chi connectivity index (χ3v) is 9.30. The normalized spacial score (nSPS) is 12.7. The van der Waals surface area contributed by atoms with E-state index in [0.29, 0.717) is 30.9 Å². The summed E-state index contributed by atoms with van der Waals surface area (Å²) in [4.78, 5) is 29.0. The SMILES string of the molecule is CCOc1ccc(N(CC(=O)N(CCc2ccccc2)[C@@H](CC)C(=O)N[C@@H](C)CC)S(=O)(=O)c2ccc(Br)cc2)cc1. The summed E-state index contributed by atoms with van der Waals surface area (Å²) >= 11 is 3.35. The van der Waals surface area contributed by atoms with Gasteiger partial charge in [-0.2, -0.15) is 0 Å². The maximum atomic E-state index is 14.1. The number of carbonyl (C=O) groups excluding carboxylic acids is 2. The summed E-state index contributed by atoms with van der Waals surface area (Å²) < 4.78 is 35.3. The van der Waals surface area contributed by atoms with Crippen molar-refractivity contribution in [2.45, 2.75) is 63.9 Å². The Morgan fingerprint density at radius 3 is 2.12 bits per heavy atom. The van der Waals surface area contributed by atoms with Gasteiger partial charge in [-0.05, 0) is 87.2 Å². The fourth-order valence-electron chi connectivity index (χ4n) is 4.47. The van der Waals surface area contributed by atoms with E-state index < -0.39 is 28.5 Å². The quantitative estimate of drug-likeness (QED) is 0.223. The highest BCUT2D eigenvalue weighted by atomic mass is 79.9. The highest BCUT2D eigenvalue weighted by molar-refractivity contribution is 9.10. The summed E-state index contributed by atoms with van der Waals surface area (Å²) in [6, 6.07) is 21.7. The van der Waals surface area contributed by atoms with Gasteiger partial charge in [0.25, 0.3) is 10.0 Å². The van der Waals surface area contributed by atoms with Crippen LogP contribution in [0.3, 0.4) is 0 Å². The summed E-state index contributed by atoms with van der Waals surface area (Å²) in [7, 11) is -4.14. The van der Waals surface area contributed by atoms with Crippen molar-refractivity contribution >= 4 is 43.5 Å². The second-order valence-electron chi connectivity index (χ2n) is 9.96. The molecule has 3 aromatic rings. The fourth-order valence-corrected chi connectivity index (χ4v) is 6.15. The van der Waals surface area contributed by atoms with E-state index in [2.05, 4.69) is 21.2 Å². The summed E-state index contributed by atoms with van der Waals surface area (Å²) in [6.45, 7) is 7.85. The molecule has 0 saturated carbocycles. The van der Waals surface area contributed by atoms with Gasteiger partial charge in [-0.3, -0.25) is 13.9 Å². The second-order valence-corrected chi connectivity index (χ2v) is 12.7. The number of hydrogen-bond acceptors (Lipinski definition) is 5. The van der Waals surface area contributed by atoms with E-state index in [4.69, 9.17) is 4.74 Å². The van der Waals surface area contributed by atoms with Crippen molar-refractivity contribution in [3.63, 3.8) is 0 Å². The number of benzene rings is 3. The van der Waals surface area contributed by atoms with Crippen LogP contribution in [-0.4, -0.2) is 56.9 Å². The van der Waals surface area contributed by atoms with E-state index in [9.17, 15) is 18.0 Å². The number of amides is 2. The van der Waals surface area contributed by atoms with Crippen molar-refractivity contribution in [3.8, 4) is 5.75 Å². The number of rotatable bonds is 15. The first-order chi connectivity index (χ1) is 20.1. The lowest BCUT2D eigenvalue weighted by molar-refractivity contribution is -0.139. The van der Waals surface area contributed by atoms with Gasteiger partial charge in [0.2, 0.25) is 11.8 Å². The number of halogens is 1. The molecule has 0 spiro atoms. The Morgan fingerprint density at radius 1 is 0.905 bits per heavy atom. The Hall–Kier alpha value is -3.37. The molecule has 0 fully saturated rings. The molecule has 0 bridgehead atoms. The summed E-state index contributed by atoms with van der Waals surface area (Å²) in [5.41, 5.74) is 1.33. The van der Waals surface area contributed by atoms with Gasteiger partial charge < -0.3 is 15.0 Å². The molecular formula is C32H40BrN3O5S. The van der Waals surface area contributed by atoms with Crippen LogP contribution in [0.5, 0.6) is 5.75 Å². The first-order valence-corrected chi connectivity index (χ1v) is 16.5. The van der Waals surface area contributed by atoms with Gasteiger partial charge in [0.05, 0.1) is 17.2 Å². The van der Waals surface area contributed by atoms with Gasteiger partial charge in [0, 0.05) is 17.1 Å². The van der Waals surface area contributed by atoms with E-state index in [1.807, 2.05) is 58.0 Å². The highest BCUT2D eigenvalue weighted by Gasteiger charge is 2.33. The standard InChI is InChI=1S/C32H40BrN3O5S/c1-5-24(4)34-32(38)30(6-2)35(22-21-25-11-9-8-10-12-25)31(37)23-36(27-15-17-28(18-16-27)41-7-3)42(39,40)29-19-13-26(33)14-20-29/h8-20,24,30H,5-7,21-23H2,1-4H3,(H,34,38)/t24-,30-/m0/s1. The Bertz CT molecular complexity index is 1400. The predicted molar refractivity (Wildman–Crippen MR) is 170 cm³/mol. The molecule has 10 heteroatoms. The number of nitrogens with zero attached hydrogens (tertiary/aromatic N) is 2. The summed E-state index contributed by atoms with van der Waals surface area (Å²) in [5.74, 6) is -0.130. The van der Waals surface area contributed by atoms with Crippen LogP contribution >= 0.6 is 15.9 Å². The highest BCUT2D eigenvalue weighted by Crippen LogP contribution is 2.27. The number of ether oxygens (including phenoxy) is 1. The Balaban J connectivity index is 2.01. The number of anilines is 1. The van der Waals surface area contributed by atoms with Gasteiger partial charge in [-0.25, -0.2) is 8.42 Å². The summed E-state index contributed by atoms with van der Waals surface area (Å²) in [6.07, 6.45) is 1.64. The fraction of sp³-hybridized carbons (Fsp3) is 0.375. The van der Waals surface area contributed by atoms with E-state index in [0.717, 1.165) is 20.8 Å². The van der Waals surface area contributed by atoms with Crippen molar-refractivity contribution in [1.29, 1.82) is 0 Å². The van der Waals surface area contributed by atoms with Gasteiger partial charge in [0.1, 0.15) is 18.3 Å². The van der Waals surface area contributed by atoms with Gasteiger partial charge >= 0.3 is 0 Å². The van der Waals surface area contributed by atoms with Crippen molar-refractivity contribution in [1.82, 2.24) is 10.2 Å². The smallest absolute Gasteiger partial charge is 0.264 e. The minimum Gasteiger partial charge on any atom is -0.494 e. The Kier molecular flexibility index (Phi) is 12.4. The molecule has 0 unspecified atom stereocenters. The minimum absolute atomic E-state index is 0.0461. The topological polar surface area (TPSA) is 96.0 Å². The molecule has 2 atom stereocenters. The van der Waals surface area contributed by atoms with Crippen molar-refractivity contribution in [3.05, 3.63) is 88.9 Å². The Labute approximate surface area is 258 Å². The monoisotopic (exact) mass is 657 g/mol. The van der Waals surface area contributed by atoms with Crippen molar-refractivity contribution in [2.75, 3.05) is 24.0 Å². The van der Waals surface area contributed by atoms with Crippen molar-refractivity contribution < 1.29 is 22.7 Å². The number of carbonyl (C=O) groups is 2. The molecule has 0 aliphatic heterocycles. The van der Waals surface area contributed by atoms with E-state index in [1.165, 1.54) is 17.0 Å². The molecule has 0 aliphatic carbocycles. The number of sulfonamides is 1. The van der Waals surface area contributed by atoms with Crippen LogP contribution in [0, 0.1) is 0 Å². The van der Waals surface area contributed by atoms with Crippen LogP contribution in [0.2, 0.25) is 0 Å². The molecule has 226 valence electrons. The first kappa shape index (κ1) is 33.1. The predicted octanol–water partition coefficient (Wildman–Crippen LogP) is 5.81. The van der Waals surface area contributed by atoms with E-state index >= 15 is 0 Å². The zero-order chi connectivity index (χ0) is 30.7. The third kappa shape index (κ3) is 8.82. The molecule has 42 heavy (non-hydrogen) atoms. The maximum Gasteiger partial charge on any atom is 0.264 e. The average molecular weight is 659 g/mol. The third-order valence-electron chi connectivity index (χ3n) is 6.99. The zero-order valence-electron chi connectivity index (χ0n) is 24.6. The van der Waals surface area contributed by atoms with Crippen LogP contribution in [0.25, 0.3) is 0 Å². The molecule has 1 N–H and O–H groups in total. The maximum absolute atomic E-state index is 14.1. The van der Waals surface area contributed by atoms with Crippen LogP contribution < -0.4 is 14.4 Å². The number of nitrogens with one attached hydrogen (secondary N) is 1. The second kappa shape index (κ2) is 15.7. The molecule has 3 rings (SSSR count). The van der Waals surface area contributed by atoms with Gasteiger partial charge in [-0.1, -0.05) is 60.1 Å². The molecule has 2 amide bonds. The Morgan fingerprint density at radius 2 is 1.55 bits per heavy atom. The van der Waals surface area contributed by atoms with Crippen LogP contribution in [0.15, 0.2) is 88.2 Å². The molecule has 3 aromatic carbocycles. The minimum atomic E-state index is -4.14. The average Bonchev–Trinajstić information content (AvgIpc) is 2.99. The molecule has 0 heterocycles. The summed E-state index contributed by atoms with van der Waals surface area (Å²) in [5, 5.41) is 3.00. The van der Waals surface area contributed by atoms with Gasteiger partial charge in [0.15, 0.2) is 0 Å². The lowest BCUT2D eigenvalue weighted by atomic mass is 10.1. The molecule has 0 radical (unpaired) electrons. The number of hydrogen-bond donors (Lipinski definition) is 1. The zero-order valence-corrected chi connectivity index (χ0v) is 27.0. The lowest BCUT2D eigenvalue weighted by Gasteiger charge is -2.33. The molecule has 8 nitrogen and oxygen atoms in total. The largest absolute Gasteiger partial charge is 0.494 e. The van der Waals surface area contributed by atoms with Crippen LogP contribution in [0.1, 0.15) is 46.1 Å².